The highest BCUT2D eigenvalue weighted by Gasteiger charge is 1.95. The number of allylic oxidation sites excluding steroid dienone is 2. The van der Waals surface area contributed by atoms with Crippen molar-refractivity contribution in [2.24, 2.45) is 0 Å². The van der Waals surface area contributed by atoms with E-state index in [0.717, 1.165) is 10.6 Å². The van der Waals surface area contributed by atoms with Crippen LogP contribution in [-0.4, -0.2) is 0 Å². The number of halogens is 1. The van der Waals surface area contributed by atoms with Crippen LogP contribution in [0.4, 0.5) is 0 Å². The first kappa shape index (κ1) is 12.3. The molecule has 1 aromatic carbocycles. The van der Waals surface area contributed by atoms with Crippen LogP contribution in [0.25, 0.3) is 0 Å². The van der Waals surface area contributed by atoms with Gasteiger partial charge < -0.3 is 0 Å². The van der Waals surface area contributed by atoms with Crippen molar-refractivity contribution in [3.8, 4) is 0 Å². The van der Waals surface area contributed by atoms with Crippen molar-refractivity contribution < 1.29 is 0 Å². The average Bonchev–Trinajstić information content (AvgIpc) is 2.25. The molecule has 0 unspecified atom stereocenters. The van der Waals surface area contributed by atoms with Crippen molar-refractivity contribution in [1.29, 1.82) is 0 Å². The number of hydrogen-bond acceptors (Lipinski definition) is 0. The van der Waals surface area contributed by atoms with E-state index in [1.54, 1.807) is 5.57 Å². The lowest BCUT2D eigenvalue weighted by atomic mass is 10.0. The first-order valence-electron chi connectivity index (χ1n) is 5.57. The van der Waals surface area contributed by atoms with Crippen molar-refractivity contribution in [2.75, 3.05) is 0 Å². The van der Waals surface area contributed by atoms with Gasteiger partial charge in [-0.25, -0.2) is 0 Å². The lowest BCUT2D eigenvalue weighted by molar-refractivity contribution is 0.702. The summed E-state index contributed by atoms with van der Waals surface area (Å²) in [6.07, 6.45) is 7.86. The van der Waals surface area contributed by atoms with Crippen LogP contribution in [0.15, 0.2) is 35.9 Å². The average molecular weight is 223 g/mol. The van der Waals surface area contributed by atoms with Crippen molar-refractivity contribution >= 4 is 11.6 Å². The van der Waals surface area contributed by atoms with Gasteiger partial charge in [-0.2, -0.15) is 0 Å². The van der Waals surface area contributed by atoms with Crippen LogP contribution in [0.1, 0.15) is 38.2 Å². The Labute approximate surface area is 98.0 Å². The summed E-state index contributed by atoms with van der Waals surface area (Å²) in [5.74, 6) is 0. The summed E-state index contributed by atoms with van der Waals surface area (Å²) in [4.78, 5) is 0. The normalized spacial score (nSPS) is 15.0. The fraction of sp³-hybridized carbons (Fsp3) is 0.429. The van der Waals surface area contributed by atoms with E-state index in [1.807, 2.05) is 31.2 Å². The highest BCUT2D eigenvalue weighted by molar-refractivity contribution is 6.31. The Balaban J connectivity index is 0.000000151. The van der Waals surface area contributed by atoms with Gasteiger partial charge in [-0.1, -0.05) is 41.4 Å². The van der Waals surface area contributed by atoms with Gasteiger partial charge >= 0.3 is 0 Å². The van der Waals surface area contributed by atoms with Gasteiger partial charge in [-0.05, 0) is 51.2 Å². The maximum Gasteiger partial charge on any atom is 0.0435 e. The van der Waals surface area contributed by atoms with E-state index in [1.165, 1.54) is 25.7 Å². The van der Waals surface area contributed by atoms with Crippen LogP contribution in [0.2, 0.25) is 5.02 Å². The molecule has 0 spiro atoms. The molecule has 1 aromatic rings. The van der Waals surface area contributed by atoms with Gasteiger partial charge in [-0.15, -0.1) is 0 Å². The quantitative estimate of drug-likeness (QED) is 0.533. The third-order valence-electron chi connectivity index (χ3n) is 2.59. The van der Waals surface area contributed by atoms with E-state index in [2.05, 4.69) is 13.0 Å². The number of rotatable bonds is 0. The zero-order valence-electron chi connectivity index (χ0n) is 9.59. The highest BCUT2D eigenvalue weighted by Crippen LogP contribution is 2.15. The predicted molar refractivity (Wildman–Crippen MR) is 68.4 cm³/mol. The van der Waals surface area contributed by atoms with Gasteiger partial charge in [0.2, 0.25) is 0 Å². The van der Waals surface area contributed by atoms with Crippen LogP contribution in [0.3, 0.4) is 0 Å². The standard InChI is InChI=1S/C7H7Cl.C7H12/c1-6-4-2-3-5-7(6)8;1-7-5-3-2-4-6-7/h2-5H,1H3;5H,2-4,6H2,1H3. The molecule has 1 heteroatoms. The van der Waals surface area contributed by atoms with Gasteiger partial charge in [0.05, 0.1) is 0 Å². The lowest BCUT2D eigenvalue weighted by Gasteiger charge is -2.05. The predicted octanol–water partition coefficient (Wildman–Crippen LogP) is 5.16. The smallest absolute Gasteiger partial charge is 0.0435 e. The maximum atomic E-state index is 5.71. The van der Waals surface area contributed by atoms with Crippen molar-refractivity contribution in [3.63, 3.8) is 0 Å². The molecule has 0 fully saturated rings. The topological polar surface area (TPSA) is 0 Å². The largest absolute Gasteiger partial charge is 0.0856 e. The summed E-state index contributed by atoms with van der Waals surface area (Å²) >= 11 is 5.71. The molecule has 0 saturated heterocycles. The van der Waals surface area contributed by atoms with Gasteiger partial charge in [0.1, 0.15) is 0 Å². The van der Waals surface area contributed by atoms with Gasteiger partial charge in [0.25, 0.3) is 0 Å². The Morgan fingerprint density at radius 2 is 1.80 bits per heavy atom. The van der Waals surface area contributed by atoms with Crippen LogP contribution in [-0.2, 0) is 0 Å². The lowest BCUT2D eigenvalue weighted by Crippen LogP contribution is -1.85. The van der Waals surface area contributed by atoms with Crippen LogP contribution in [0.5, 0.6) is 0 Å². The van der Waals surface area contributed by atoms with Crippen LogP contribution < -0.4 is 0 Å². The molecule has 0 N–H and O–H groups in total. The summed E-state index contributed by atoms with van der Waals surface area (Å²) in [6.45, 7) is 4.21. The minimum absolute atomic E-state index is 0.840. The Hall–Kier alpha value is -0.750. The molecule has 82 valence electrons. The first-order valence-corrected chi connectivity index (χ1v) is 5.94. The van der Waals surface area contributed by atoms with Crippen LogP contribution in [0, 0.1) is 6.92 Å². The second kappa shape index (κ2) is 6.68. The molecule has 0 aromatic heterocycles. The second-order valence-corrected chi connectivity index (χ2v) is 4.45. The van der Waals surface area contributed by atoms with Gasteiger partial charge in [-0.3, -0.25) is 0 Å². The molecule has 0 atom stereocenters. The molecule has 1 aliphatic carbocycles. The van der Waals surface area contributed by atoms with Crippen molar-refractivity contribution in [3.05, 3.63) is 46.5 Å². The number of hydrogen-bond donors (Lipinski definition) is 0. The first-order chi connectivity index (χ1) is 7.20. The van der Waals surface area contributed by atoms with E-state index in [0.29, 0.717) is 0 Å². The fourth-order valence-corrected chi connectivity index (χ4v) is 1.69. The zero-order valence-corrected chi connectivity index (χ0v) is 10.3. The molecule has 0 nitrogen and oxygen atoms in total. The van der Waals surface area contributed by atoms with Gasteiger partial charge in [0.15, 0.2) is 0 Å². The Morgan fingerprint density at radius 3 is 2.13 bits per heavy atom. The SMILES string of the molecule is CC1=CCCCC1.Cc1ccccc1Cl. The minimum atomic E-state index is 0.840. The maximum absolute atomic E-state index is 5.71. The van der Waals surface area contributed by atoms with Crippen molar-refractivity contribution in [1.82, 2.24) is 0 Å². The highest BCUT2D eigenvalue weighted by atomic mass is 35.5. The minimum Gasteiger partial charge on any atom is -0.0856 e. The molecule has 0 heterocycles. The van der Waals surface area contributed by atoms with E-state index >= 15 is 0 Å². The summed E-state index contributed by atoms with van der Waals surface area (Å²) in [6, 6.07) is 7.77. The molecule has 0 radical (unpaired) electrons. The number of aryl methyl sites for hydroxylation is 1. The molecular weight excluding hydrogens is 204 g/mol. The van der Waals surface area contributed by atoms with E-state index in [-0.39, 0.29) is 0 Å². The Kier molecular flexibility index (Phi) is 5.49. The summed E-state index contributed by atoms with van der Waals surface area (Å²) < 4.78 is 0. The third kappa shape index (κ3) is 5.03. The summed E-state index contributed by atoms with van der Waals surface area (Å²) in [7, 11) is 0. The zero-order chi connectivity index (χ0) is 11.1. The van der Waals surface area contributed by atoms with E-state index in [9.17, 15) is 0 Å². The Morgan fingerprint density at radius 1 is 1.07 bits per heavy atom. The van der Waals surface area contributed by atoms with Crippen molar-refractivity contribution in [2.45, 2.75) is 39.5 Å². The van der Waals surface area contributed by atoms with E-state index < -0.39 is 0 Å². The molecule has 0 aliphatic heterocycles. The fourth-order valence-electron chi connectivity index (χ4n) is 1.55. The Bertz CT molecular complexity index is 305. The molecule has 0 amide bonds. The molecule has 2 rings (SSSR count). The summed E-state index contributed by atoms with van der Waals surface area (Å²) in [5.41, 5.74) is 2.72. The second-order valence-electron chi connectivity index (χ2n) is 4.05. The molecule has 15 heavy (non-hydrogen) atoms. The van der Waals surface area contributed by atoms with Gasteiger partial charge in [0, 0.05) is 5.02 Å². The van der Waals surface area contributed by atoms with Crippen LogP contribution >= 0.6 is 11.6 Å². The molecule has 1 aliphatic rings. The number of benzene rings is 1. The monoisotopic (exact) mass is 222 g/mol. The molecule has 0 saturated carbocycles. The summed E-state index contributed by atoms with van der Waals surface area (Å²) in [5, 5.41) is 0.840. The molecular formula is C14H19Cl. The third-order valence-corrected chi connectivity index (χ3v) is 3.02. The van der Waals surface area contributed by atoms with E-state index in [4.69, 9.17) is 11.6 Å². The molecule has 0 bridgehead atoms.